The number of carbonyl (C=O) groups is 12. The fraction of sp³-hybridized carbons (Fsp3) is 0.697. The fourth-order valence-electron chi connectivity index (χ4n) is 15.8. The van der Waals surface area contributed by atoms with Crippen LogP contribution in [-0.4, -0.2) is 256 Å². The van der Waals surface area contributed by atoms with Crippen LogP contribution in [-0.2, 0) is 76.6 Å². The number of fused-ring (bicyclic) bond motifs is 1. The highest BCUT2D eigenvalue weighted by Crippen LogP contribution is 2.39. The van der Waals surface area contributed by atoms with Crippen molar-refractivity contribution in [1.29, 1.82) is 0 Å². The van der Waals surface area contributed by atoms with Crippen molar-refractivity contribution < 1.29 is 70.7 Å². The number of rotatable bonds is 14. The van der Waals surface area contributed by atoms with Crippen LogP contribution < -0.4 is 16.0 Å². The van der Waals surface area contributed by atoms with E-state index in [1.165, 1.54) is 111 Å². The van der Waals surface area contributed by atoms with Gasteiger partial charge in [-0.2, -0.15) is 13.2 Å². The second-order valence-electron chi connectivity index (χ2n) is 30.8. The first-order valence-electron chi connectivity index (χ1n) is 37.5. The number of likely N-dealkylation sites (N-methyl/N-ethyl adjacent to an activating group) is 8. The van der Waals surface area contributed by atoms with Crippen molar-refractivity contribution in [3.8, 4) is 0 Å². The first-order chi connectivity index (χ1) is 49.4. The summed E-state index contributed by atoms with van der Waals surface area (Å²) in [5, 5.41) is 8.19. The molecule has 3 aliphatic carbocycles. The highest BCUT2D eigenvalue weighted by atomic mass is 35.5. The number of halogens is 4. The van der Waals surface area contributed by atoms with E-state index in [0.717, 1.165) is 54.0 Å². The molecule has 0 radical (unpaired) electrons. The third-order valence-electron chi connectivity index (χ3n) is 22.9. The molecule has 2 aliphatic heterocycles. The second kappa shape index (κ2) is 37.1. The van der Waals surface area contributed by atoms with E-state index < -0.39 is 172 Å². The second-order valence-corrected chi connectivity index (χ2v) is 31.2. The van der Waals surface area contributed by atoms with Gasteiger partial charge < -0.3 is 60.0 Å². The van der Waals surface area contributed by atoms with Gasteiger partial charge in [-0.15, -0.1) is 0 Å². The minimum atomic E-state index is -4.78. The van der Waals surface area contributed by atoms with E-state index in [-0.39, 0.29) is 81.7 Å². The summed E-state index contributed by atoms with van der Waals surface area (Å²) in [7, 11) is 12.9. The molecule has 12 amide bonds. The Labute approximate surface area is 622 Å². The third-order valence-corrected chi connectivity index (χ3v) is 23.2. The van der Waals surface area contributed by atoms with Crippen molar-refractivity contribution in [2.75, 3.05) is 76.5 Å². The monoisotopic (exact) mass is 1490 g/mol. The average molecular weight is 1490 g/mol. The van der Waals surface area contributed by atoms with Crippen molar-refractivity contribution in [3.63, 3.8) is 0 Å². The summed E-state index contributed by atoms with van der Waals surface area (Å²) in [4.78, 5) is 197. The molecule has 2 aromatic rings. The van der Waals surface area contributed by atoms with Gasteiger partial charge in [-0.25, -0.2) is 0 Å². The number of nitrogens with one attached hydrogen (secondary N) is 3. The predicted octanol–water partition coefficient (Wildman–Crippen LogP) is 6.50. The van der Waals surface area contributed by atoms with Crippen LogP contribution in [0.25, 0.3) is 0 Å². The SMILES string of the molecule is CC[C@H](C)[C@@H]1NC(=O)[C@H](CC(C)C)N(C)C(=O)C[C@@H](C(=O)N(C)C)N(C)C(=O)[C@H](C2CCCC2)N(C)C(=O)C2(CCCC2)NC(=O)[C@H](CCc2cccnc2)N(C)C(=O)[C@H](CCc2ccc(C(F)(F)F)c(Cl)c2)NC(=O)CN(C)C(=O)[C@H](CC2CCCCC2)N(C)C(=O)[C@@H]2CCN2C(=O)[C@H](C)N(C)C1=O. The van der Waals surface area contributed by atoms with Gasteiger partial charge in [0.1, 0.15) is 59.9 Å². The predicted molar refractivity (Wildman–Crippen MR) is 389 cm³/mol. The van der Waals surface area contributed by atoms with E-state index in [0.29, 0.717) is 50.5 Å². The average Bonchev–Trinajstić information content (AvgIpc) is 1.70. The zero-order valence-corrected chi connectivity index (χ0v) is 64.7. The maximum absolute atomic E-state index is 15.8. The maximum atomic E-state index is 15.8. The summed E-state index contributed by atoms with van der Waals surface area (Å²) in [6, 6.07) is -4.77. The molecule has 25 nitrogen and oxygen atoms in total. The number of amides is 12. The molecule has 5 fully saturated rings. The highest BCUT2D eigenvalue weighted by molar-refractivity contribution is 6.31. The lowest BCUT2D eigenvalue weighted by molar-refractivity contribution is -0.160. The first kappa shape index (κ1) is 84.4. The Morgan fingerprint density at radius 3 is 1.88 bits per heavy atom. The quantitative estimate of drug-likeness (QED) is 0.182. The Kier molecular flexibility index (Phi) is 29.8. The first-order valence-corrected chi connectivity index (χ1v) is 37.8. The molecule has 29 heteroatoms. The van der Waals surface area contributed by atoms with Gasteiger partial charge >= 0.3 is 6.18 Å². The molecule has 0 bridgehead atoms. The summed E-state index contributed by atoms with van der Waals surface area (Å²) in [6.45, 7) is 8.32. The number of aryl methyl sites for hydroxylation is 2. The van der Waals surface area contributed by atoms with Gasteiger partial charge in [0.2, 0.25) is 70.9 Å². The van der Waals surface area contributed by atoms with Crippen molar-refractivity contribution in [2.45, 2.75) is 242 Å². The smallest absolute Gasteiger partial charge is 0.347 e. The largest absolute Gasteiger partial charge is 0.417 e. The molecule has 1 aromatic heterocycles. The number of nitrogens with zero attached hydrogens (tertiary/aromatic N) is 10. The van der Waals surface area contributed by atoms with E-state index >= 15 is 24.0 Å². The van der Waals surface area contributed by atoms with Gasteiger partial charge in [-0.05, 0) is 131 Å². The normalized spacial score (nSPS) is 26.5. The Bertz CT molecular complexity index is 3440. The molecule has 3 saturated carbocycles. The Morgan fingerprint density at radius 1 is 0.676 bits per heavy atom. The van der Waals surface area contributed by atoms with E-state index in [4.69, 9.17) is 11.6 Å². The van der Waals surface area contributed by atoms with E-state index in [9.17, 15) is 46.7 Å². The van der Waals surface area contributed by atoms with Crippen LogP contribution in [0.2, 0.25) is 5.02 Å². The number of hydrogen-bond acceptors (Lipinski definition) is 13. The zero-order chi connectivity index (χ0) is 77.7. The molecule has 3 heterocycles. The molecular formula is C76H113ClF3N13O12. The third kappa shape index (κ3) is 20.6. The maximum Gasteiger partial charge on any atom is 0.417 e. The molecule has 582 valence electrons. The molecule has 0 unspecified atom stereocenters. The van der Waals surface area contributed by atoms with Crippen molar-refractivity contribution >= 4 is 82.5 Å². The van der Waals surface area contributed by atoms with Gasteiger partial charge in [-0.1, -0.05) is 116 Å². The molecule has 5 aliphatic rings. The minimum Gasteiger partial charge on any atom is -0.347 e. The number of alkyl halides is 3. The molecule has 105 heavy (non-hydrogen) atoms. The minimum absolute atomic E-state index is 0.00333. The van der Waals surface area contributed by atoms with Crippen molar-refractivity contribution in [2.24, 2.45) is 23.7 Å². The van der Waals surface area contributed by atoms with Gasteiger partial charge in [-0.3, -0.25) is 62.5 Å². The number of pyridine rings is 1. The van der Waals surface area contributed by atoms with Crippen molar-refractivity contribution in [3.05, 3.63) is 64.4 Å². The van der Waals surface area contributed by atoms with Crippen LogP contribution in [0.15, 0.2) is 42.7 Å². The lowest BCUT2D eigenvalue weighted by Gasteiger charge is -2.45. The van der Waals surface area contributed by atoms with Gasteiger partial charge in [0.05, 0.1) is 23.6 Å². The highest BCUT2D eigenvalue weighted by Gasteiger charge is 2.52. The number of carbonyl (C=O) groups excluding carboxylic acids is 12. The lowest BCUT2D eigenvalue weighted by atomic mass is 9.84. The van der Waals surface area contributed by atoms with Crippen LogP contribution in [0.4, 0.5) is 13.2 Å². The Balaban J connectivity index is 1.33. The van der Waals surface area contributed by atoms with Crippen LogP contribution in [0, 0.1) is 23.7 Å². The molecule has 1 spiro atoms. The van der Waals surface area contributed by atoms with Gasteiger partial charge in [0.25, 0.3) is 0 Å². The molecule has 1 aromatic carbocycles. The standard InChI is InChI=1S/C76H113ClF3N13O12/c1-15-47(4)63-72(103)87(9)48(5)67(98)93-39-35-57(93)71(102)90(12)59(42-49-24-17-16-18-25-49)70(101)86(8)45-61(94)82-55(33-30-50-29-32-53(54(77)41-50)76(78,79)80)68(99)89(11)56(34-31-51-26-23-38-81-44-51)66(97)84-75(36-21-22-37-75)74(105)92(14)64(52-27-19-20-28-52)73(104)91(13)60(69(100)85(6)7)43-62(95)88(10)58(40-46(2)3)65(96)83-63/h23,26,29,32,38,41,44,46-49,52,55-60,63-64H,15-22,24-25,27-28,30-31,33-37,39-40,42-43,45H2,1-14H3,(H,82,94)(H,83,96)(H,84,97)/t47-,48-,55-,56-,57-,58-,59-,60-,63-,64-/m0/s1. The molecular weight excluding hydrogens is 1380 g/mol. The summed E-state index contributed by atoms with van der Waals surface area (Å²) in [5.74, 6) is -9.19. The number of aromatic nitrogens is 1. The molecule has 2 saturated heterocycles. The Hall–Kier alpha value is -7.91. The Morgan fingerprint density at radius 2 is 1.30 bits per heavy atom. The summed E-state index contributed by atoms with van der Waals surface area (Å²) in [6.07, 6.45) is 6.40. The van der Waals surface area contributed by atoms with Crippen LogP contribution >= 0.6 is 11.6 Å². The molecule has 10 atom stereocenters. The van der Waals surface area contributed by atoms with Crippen LogP contribution in [0.3, 0.4) is 0 Å². The van der Waals surface area contributed by atoms with E-state index in [2.05, 4.69) is 20.9 Å². The number of hydrogen-bond donors (Lipinski definition) is 3. The molecule has 3 N–H and O–H groups in total. The van der Waals surface area contributed by atoms with E-state index in [1.54, 1.807) is 31.5 Å². The lowest BCUT2D eigenvalue weighted by Crippen LogP contribution is -2.65. The topological polar surface area (TPSA) is 283 Å². The number of benzene rings is 1. The summed E-state index contributed by atoms with van der Waals surface area (Å²) < 4.78 is 42.0. The van der Waals surface area contributed by atoms with E-state index in [1.807, 2.05) is 20.8 Å². The molecule has 7 rings (SSSR count). The fourth-order valence-corrected chi connectivity index (χ4v) is 16.1. The summed E-state index contributed by atoms with van der Waals surface area (Å²) in [5.41, 5.74) is -1.78. The van der Waals surface area contributed by atoms with Crippen molar-refractivity contribution in [1.82, 2.24) is 65.0 Å². The zero-order valence-electron chi connectivity index (χ0n) is 63.9. The van der Waals surface area contributed by atoms with Crippen LogP contribution in [0.5, 0.6) is 0 Å². The van der Waals surface area contributed by atoms with Gasteiger partial charge in [0, 0.05) is 82.4 Å². The van der Waals surface area contributed by atoms with Gasteiger partial charge in [0.15, 0.2) is 0 Å². The summed E-state index contributed by atoms with van der Waals surface area (Å²) >= 11 is 6.21. The van der Waals surface area contributed by atoms with Crippen LogP contribution in [0.1, 0.15) is 180 Å².